The zero-order valence-corrected chi connectivity index (χ0v) is 3.76. The van der Waals surface area contributed by atoms with Crippen LogP contribution in [0.15, 0.2) is 12.7 Å². The summed E-state index contributed by atoms with van der Waals surface area (Å²) in [6.45, 7) is 3.24. The van der Waals surface area contributed by atoms with Crippen LogP contribution in [0.2, 0.25) is 0 Å². The van der Waals surface area contributed by atoms with Crippen molar-refractivity contribution in [1.82, 2.24) is 0 Å². The third kappa shape index (κ3) is 2.99. The molecule has 0 unspecified atom stereocenters. The quantitative estimate of drug-likeness (QED) is 0.488. The molecule has 7 heavy (non-hydrogen) atoms. The highest BCUT2D eigenvalue weighted by molar-refractivity contribution is 5.80. The Morgan fingerprint density at radius 3 is 2.57 bits per heavy atom. The SMILES string of the molecule is C=C[CH]C(=O)ON. The Kier molecular flexibility index (Phi) is 2.96. The number of hydrogen-bond donors (Lipinski definition) is 1. The number of nitrogens with two attached hydrogens (primary N) is 1. The predicted molar refractivity (Wildman–Crippen MR) is 24.8 cm³/mol. The van der Waals surface area contributed by atoms with Crippen LogP contribution in [0.3, 0.4) is 0 Å². The van der Waals surface area contributed by atoms with Crippen molar-refractivity contribution in [2.45, 2.75) is 0 Å². The topological polar surface area (TPSA) is 52.3 Å². The van der Waals surface area contributed by atoms with Gasteiger partial charge in [-0.05, 0) is 0 Å². The van der Waals surface area contributed by atoms with E-state index >= 15 is 0 Å². The molecule has 0 atom stereocenters. The molecule has 0 aliphatic heterocycles. The summed E-state index contributed by atoms with van der Waals surface area (Å²) < 4.78 is 0. The third-order valence-corrected chi connectivity index (χ3v) is 0.370. The lowest BCUT2D eigenvalue weighted by atomic mass is 10.4. The van der Waals surface area contributed by atoms with E-state index in [2.05, 4.69) is 17.3 Å². The van der Waals surface area contributed by atoms with Gasteiger partial charge in [0.25, 0.3) is 0 Å². The van der Waals surface area contributed by atoms with Gasteiger partial charge in [0.05, 0.1) is 6.42 Å². The Balaban J connectivity index is 3.17. The second-order valence-electron chi connectivity index (χ2n) is 0.839. The van der Waals surface area contributed by atoms with Gasteiger partial charge in [0.1, 0.15) is 0 Å². The molecule has 0 bridgehead atoms. The van der Waals surface area contributed by atoms with Gasteiger partial charge in [-0.25, -0.2) is 4.79 Å². The Bertz CT molecular complexity index is 79.8. The molecule has 3 heteroatoms. The van der Waals surface area contributed by atoms with E-state index in [1.54, 1.807) is 0 Å². The Morgan fingerprint density at radius 2 is 2.43 bits per heavy atom. The molecule has 0 aliphatic rings. The van der Waals surface area contributed by atoms with Gasteiger partial charge >= 0.3 is 5.97 Å². The molecule has 0 amide bonds. The van der Waals surface area contributed by atoms with Crippen LogP contribution in [0.25, 0.3) is 0 Å². The van der Waals surface area contributed by atoms with Gasteiger partial charge in [0.2, 0.25) is 0 Å². The summed E-state index contributed by atoms with van der Waals surface area (Å²) in [7, 11) is 0. The molecule has 0 saturated carbocycles. The van der Waals surface area contributed by atoms with E-state index in [0.717, 1.165) is 6.42 Å². The van der Waals surface area contributed by atoms with Gasteiger partial charge in [-0.3, -0.25) is 0 Å². The van der Waals surface area contributed by atoms with Crippen LogP contribution < -0.4 is 5.90 Å². The number of carbonyl (C=O) groups excluding carboxylic acids is 1. The molecule has 0 heterocycles. The Labute approximate surface area is 41.7 Å². The molecule has 39 valence electrons. The van der Waals surface area contributed by atoms with E-state index in [9.17, 15) is 4.79 Å². The molecule has 0 aromatic rings. The normalized spacial score (nSPS) is 7.57. The molecule has 1 radical (unpaired) electrons. The Morgan fingerprint density at radius 1 is 1.86 bits per heavy atom. The lowest BCUT2D eigenvalue weighted by Crippen LogP contribution is -2.08. The van der Waals surface area contributed by atoms with E-state index in [-0.39, 0.29) is 0 Å². The number of carbonyl (C=O) groups is 1. The van der Waals surface area contributed by atoms with Crippen LogP contribution in [0, 0.1) is 6.42 Å². The van der Waals surface area contributed by atoms with Crippen LogP contribution in [0.1, 0.15) is 0 Å². The van der Waals surface area contributed by atoms with Crippen molar-refractivity contribution >= 4 is 5.97 Å². The van der Waals surface area contributed by atoms with Crippen molar-refractivity contribution in [2.75, 3.05) is 0 Å². The van der Waals surface area contributed by atoms with E-state index in [1.807, 2.05) is 0 Å². The summed E-state index contributed by atoms with van der Waals surface area (Å²) in [5, 5.41) is 0. The highest BCUT2D eigenvalue weighted by atomic mass is 16.7. The first-order valence-electron chi connectivity index (χ1n) is 1.67. The molecule has 3 nitrogen and oxygen atoms in total. The maximum Gasteiger partial charge on any atom is 0.332 e. The Hall–Kier alpha value is -0.830. The third-order valence-electron chi connectivity index (χ3n) is 0.370. The number of hydrogen-bond acceptors (Lipinski definition) is 3. The van der Waals surface area contributed by atoms with Gasteiger partial charge in [-0.2, -0.15) is 5.90 Å². The number of rotatable bonds is 2. The average molecular weight is 100 g/mol. The van der Waals surface area contributed by atoms with E-state index in [4.69, 9.17) is 0 Å². The van der Waals surface area contributed by atoms with E-state index in [1.165, 1.54) is 6.08 Å². The fraction of sp³-hybridized carbons (Fsp3) is 0. The fourth-order valence-corrected chi connectivity index (χ4v) is 0.136. The predicted octanol–water partition coefficient (Wildman–Crippen LogP) is -0.206. The standard InChI is InChI=1S/C4H6NO2/c1-2-3-4(6)7-5/h2-3H,1,5H2. The molecule has 0 fully saturated rings. The monoisotopic (exact) mass is 100 g/mol. The van der Waals surface area contributed by atoms with E-state index in [0.29, 0.717) is 0 Å². The van der Waals surface area contributed by atoms with Crippen LogP contribution in [0.5, 0.6) is 0 Å². The smallest absolute Gasteiger partial charge is 0.332 e. The molecule has 0 rings (SSSR count). The van der Waals surface area contributed by atoms with Crippen LogP contribution in [0.4, 0.5) is 0 Å². The van der Waals surface area contributed by atoms with Gasteiger partial charge in [0.15, 0.2) is 0 Å². The van der Waals surface area contributed by atoms with Gasteiger partial charge < -0.3 is 4.84 Å². The molecule has 0 aromatic carbocycles. The zero-order chi connectivity index (χ0) is 5.70. The van der Waals surface area contributed by atoms with Gasteiger partial charge in [0, 0.05) is 0 Å². The second kappa shape index (κ2) is 3.36. The largest absolute Gasteiger partial charge is 0.373 e. The lowest BCUT2D eigenvalue weighted by Gasteiger charge is -1.86. The first-order valence-corrected chi connectivity index (χ1v) is 1.67. The van der Waals surface area contributed by atoms with Crippen molar-refractivity contribution in [3.05, 3.63) is 19.1 Å². The first-order chi connectivity index (χ1) is 3.31. The minimum absolute atomic E-state index is 0.588. The summed E-state index contributed by atoms with van der Waals surface area (Å²) in [6.07, 6.45) is 2.43. The summed E-state index contributed by atoms with van der Waals surface area (Å²) in [6, 6.07) is 0. The first kappa shape index (κ1) is 6.17. The fourth-order valence-electron chi connectivity index (χ4n) is 0.136. The zero-order valence-electron chi connectivity index (χ0n) is 3.76. The van der Waals surface area contributed by atoms with Gasteiger partial charge in [-0.15, -0.1) is 6.58 Å². The van der Waals surface area contributed by atoms with Crippen molar-refractivity contribution in [1.29, 1.82) is 0 Å². The maximum atomic E-state index is 9.94. The highest BCUT2D eigenvalue weighted by Crippen LogP contribution is 1.77. The minimum atomic E-state index is -0.588. The van der Waals surface area contributed by atoms with E-state index < -0.39 is 5.97 Å². The van der Waals surface area contributed by atoms with Crippen LogP contribution in [-0.2, 0) is 9.63 Å². The van der Waals surface area contributed by atoms with Crippen molar-refractivity contribution in [3.8, 4) is 0 Å². The summed E-state index contributed by atoms with van der Waals surface area (Å²) in [4.78, 5) is 13.7. The van der Waals surface area contributed by atoms with Crippen molar-refractivity contribution in [2.24, 2.45) is 5.90 Å². The van der Waals surface area contributed by atoms with Crippen LogP contribution in [-0.4, -0.2) is 5.97 Å². The molecular formula is C4H6NO2. The van der Waals surface area contributed by atoms with Crippen LogP contribution >= 0.6 is 0 Å². The molecule has 0 aliphatic carbocycles. The summed E-state index contributed by atoms with van der Waals surface area (Å²) >= 11 is 0. The van der Waals surface area contributed by atoms with Gasteiger partial charge in [-0.1, -0.05) is 6.08 Å². The second-order valence-corrected chi connectivity index (χ2v) is 0.839. The molecule has 2 N–H and O–H groups in total. The summed E-state index contributed by atoms with van der Waals surface area (Å²) in [5.74, 6) is 3.84. The summed E-state index contributed by atoms with van der Waals surface area (Å²) in [5.41, 5.74) is 0. The molecular weight excluding hydrogens is 94.0 g/mol. The highest BCUT2D eigenvalue weighted by Gasteiger charge is 1.92. The average Bonchev–Trinajstić information content (AvgIpc) is 1.68. The molecule has 0 aromatic heterocycles. The molecule has 0 saturated heterocycles. The van der Waals surface area contributed by atoms with Crippen molar-refractivity contribution in [3.63, 3.8) is 0 Å². The molecule has 0 spiro atoms. The lowest BCUT2D eigenvalue weighted by molar-refractivity contribution is -0.139. The minimum Gasteiger partial charge on any atom is -0.373 e. The maximum absolute atomic E-state index is 9.94. The van der Waals surface area contributed by atoms with Crippen molar-refractivity contribution < 1.29 is 9.63 Å².